The number of carbonyl (C=O) groups excluding carboxylic acids is 1. The molecule has 1 atom stereocenters. The second-order valence-corrected chi connectivity index (χ2v) is 6.39. The Morgan fingerprint density at radius 1 is 1.45 bits per heavy atom. The number of nitrogens with one attached hydrogen (secondary N) is 1. The second-order valence-electron chi connectivity index (χ2n) is 5.33. The molecule has 1 aromatic carbocycles. The van der Waals surface area contributed by atoms with Crippen LogP contribution in [0.4, 0.5) is 0 Å². The molecule has 0 radical (unpaired) electrons. The number of thioether (sulfide) groups is 1. The van der Waals surface area contributed by atoms with E-state index in [4.69, 9.17) is 4.74 Å². The molecule has 1 saturated carbocycles. The summed E-state index contributed by atoms with van der Waals surface area (Å²) in [6.45, 7) is 6.50. The maximum Gasteiger partial charge on any atom is 0.324 e. The lowest BCUT2D eigenvalue weighted by molar-refractivity contribution is -0.145. The van der Waals surface area contributed by atoms with Crippen LogP contribution in [0.2, 0.25) is 0 Å². The van der Waals surface area contributed by atoms with Crippen molar-refractivity contribution in [3.63, 3.8) is 0 Å². The lowest BCUT2D eigenvalue weighted by Gasteiger charge is -2.17. The van der Waals surface area contributed by atoms with Crippen LogP contribution in [-0.4, -0.2) is 30.4 Å². The first kappa shape index (κ1) is 15.4. The minimum Gasteiger partial charge on any atom is -0.465 e. The highest BCUT2D eigenvalue weighted by Gasteiger charge is 2.29. The molecule has 1 aromatic rings. The molecular formula is C16H23NO2S. The normalized spacial score (nSPS) is 15.9. The van der Waals surface area contributed by atoms with E-state index < -0.39 is 0 Å². The number of aryl methyl sites for hydroxylation is 2. The first-order valence-corrected chi connectivity index (χ1v) is 8.21. The summed E-state index contributed by atoms with van der Waals surface area (Å²) in [4.78, 5) is 13.2. The summed E-state index contributed by atoms with van der Waals surface area (Å²) in [5, 5.41) is 3.38. The molecule has 20 heavy (non-hydrogen) atoms. The van der Waals surface area contributed by atoms with Gasteiger partial charge in [0.15, 0.2) is 0 Å². The zero-order chi connectivity index (χ0) is 14.5. The fourth-order valence-corrected chi connectivity index (χ4v) is 3.13. The number of hydrogen-bond acceptors (Lipinski definition) is 4. The minimum atomic E-state index is -0.201. The van der Waals surface area contributed by atoms with Gasteiger partial charge in [0, 0.05) is 16.7 Å². The molecule has 3 nitrogen and oxygen atoms in total. The second kappa shape index (κ2) is 7.14. The van der Waals surface area contributed by atoms with E-state index in [1.165, 1.54) is 28.9 Å². The number of benzene rings is 1. The Hall–Kier alpha value is -1.00. The van der Waals surface area contributed by atoms with Gasteiger partial charge >= 0.3 is 5.97 Å². The highest BCUT2D eigenvalue weighted by molar-refractivity contribution is 7.99. The third kappa shape index (κ3) is 4.53. The predicted molar refractivity (Wildman–Crippen MR) is 83.2 cm³/mol. The average Bonchev–Trinajstić information content (AvgIpc) is 3.20. The standard InChI is InChI=1S/C16H23NO2S/c1-4-19-16(18)14(17-13-6-7-13)10-20-15-8-5-11(2)9-12(15)3/h5,8-9,13-14,17H,4,6-7,10H2,1-3H3. The van der Waals surface area contributed by atoms with Gasteiger partial charge < -0.3 is 10.1 Å². The molecule has 0 amide bonds. The SMILES string of the molecule is CCOC(=O)C(CSc1ccc(C)cc1C)NC1CC1. The van der Waals surface area contributed by atoms with Gasteiger partial charge in [-0.15, -0.1) is 11.8 Å². The Kier molecular flexibility index (Phi) is 5.49. The van der Waals surface area contributed by atoms with Gasteiger partial charge in [-0.1, -0.05) is 17.7 Å². The van der Waals surface area contributed by atoms with Crippen LogP contribution in [0.5, 0.6) is 0 Å². The summed E-state index contributed by atoms with van der Waals surface area (Å²) in [6.07, 6.45) is 2.34. The fourth-order valence-electron chi connectivity index (χ4n) is 2.10. The van der Waals surface area contributed by atoms with Crippen LogP contribution in [0.3, 0.4) is 0 Å². The van der Waals surface area contributed by atoms with Crippen LogP contribution in [0.25, 0.3) is 0 Å². The molecule has 110 valence electrons. The van der Waals surface area contributed by atoms with Crippen molar-refractivity contribution in [2.75, 3.05) is 12.4 Å². The highest BCUT2D eigenvalue weighted by atomic mass is 32.2. The van der Waals surface area contributed by atoms with Gasteiger partial charge in [-0.2, -0.15) is 0 Å². The third-order valence-electron chi connectivity index (χ3n) is 3.32. The molecule has 0 aromatic heterocycles. The van der Waals surface area contributed by atoms with E-state index >= 15 is 0 Å². The maximum absolute atomic E-state index is 12.0. The number of rotatable bonds is 7. The summed E-state index contributed by atoms with van der Waals surface area (Å²) in [5.41, 5.74) is 2.54. The predicted octanol–water partition coefficient (Wildman–Crippen LogP) is 3.08. The molecule has 1 aliphatic rings. The summed E-state index contributed by atoms with van der Waals surface area (Å²) >= 11 is 1.72. The Morgan fingerprint density at radius 3 is 2.80 bits per heavy atom. The number of carbonyl (C=O) groups is 1. The Morgan fingerprint density at radius 2 is 2.20 bits per heavy atom. The first-order valence-electron chi connectivity index (χ1n) is 7.23. The lowest BCUT2D eigenvalue weighted by atomic mass is 10.2. The molecule has 4 heteroatoms. The monoisotopic (exact) mass is 293 g/mol. The summed E-state index contributed by atoms with van der Waals surface area (Å²) in [7, 11) is 0. The molecule has 0 bridgehead atoms. The van der Waals surface area contributed by atoms with Gasteiger partial charge in [0.1, 0.15) is 6.04 Å². The molecule has 2 rings (SSSR count). The first-order chi connectivity index (χ1) is 9.60. The van der Waals surface area contributed by atoms with Crippen molar-refractivity contribution in [2.24, 2.45) is 0 Å². The van der Waals surface area contributed by atoms with E-state index in [1.54, 1.807) is 11.8 Å². The molecule has 0 heterocycles. The van der Waals surface area contributed by atoms with Crippen molar-refractivity contribution in [1.29, 1.82) is 0 Å². The zero-order valence-electron chi connectivity index (χ0n) is 12.4. The van der Waals surface area contributed by atoms with Crippen molar-refractivity contribution >= 4 is 17.7 Å². The van der Waals surface area contributed by atoms with E-state index in [0.717, 1.165) is 5.75 Å². The molecule has 1 unspecified atom stereocenters. The Balaban J connectivity index is 1.94. The van der Waals surface area contributed by atoms with Crippen molar-refractivity contribution in [1.82, 2.24) is 5.32 Å². The van der Waals surface area contributed by atoms with Crippen LogP contribution in [0, 0.1) is 13.8 Å². The molecule has 0 saturated heterocycles. The average molecular weight is 293 g/mol. The van der Waals surface area contributed by atoms with Crippen molar-refractivity contribution in [3.05, 3.63) is 29.3 Å². The lowest BCUT2D eigenvalue weighted by Crippen LogP contribution is -2.41. The largest absolute Gasteiger partial charge is 0.465 e. The molecule has 0 spiro atoms. The maximum atomic E-state index is 12.0. The van der Waals surface area contributed by atoms with Gasteiger partial charge in [-0.05, 0) is 45.2 Å². The van der Waals surface area contributed by atoms with Gasteiger partial charge in [0.25, 0.3) is 0 Å². The molecule has 0 aliphatic heterocycles. The van der Waals surface area contributed by atoms with Crippen LogP contribution < -0.4 is 5.32 Å². The van der Waals surface area contributed by atoms with E-state index in [2.05, 4.69) is 37.4 Å². The number of ether oxygens (including phenoxy) is 1. The van der Waals surface area contributed by atoms with E-state index in [0.29, 0.717) is 12.6 Å². The molecular weight excluding hydrogens is 270 g/mol. The number of hydrogen-bond donors (Lipinski definition) is 1. The Labute approximate surface area is 125 Å². The minimum absolute atomic E-state index is 0.128. The quantitative estimate of drug-likeness (QED) is 0.619. The zero-order valence-corrected chi connectivity index (χ0v) is 13.3. The van der Waals surface area contributed by atoms with Crippen molar-refractivity contribution in [3.8, 4) is 0 Å². The topological polar surface area (TPSA) is 38.3 Å². The van der Waals surface area contributed by atoms with Gasteiger partial charge in [0.05, 0.1) is 6.61 Å². The van der Waals surface area contributed by atoms with E-state index in [-0.39, 0.29) is 12.0 Å². The Bertz CT molecular complexity index is 472. The van der Waals surface area contributed by atoms with Gasteiger partial charge in [0.2, 0.25) is 0 Å². The highest BCUT2D eigenvalue weighted by Crippen LogP contribution is 2.26. The van der Waals surface area contributed by atoms with Crippen LogP contribution in [0.15, 0.2) is 23.1 Å². The summed E-state index contributed by atoms with van der Waals surface area (Å²) in [6, 6.07) is 6.73. The van der Waals surface area contributed by atoms with Gasteiger partial charge in [-0.25, -0.2) is 0 Å². The van der Waals surface area contributed by atoms with Gasteiger partial charge in [-0.3, -0.25) is 4.79 Å². The molecule has 1 aliphatic carbocycles. The fraction of sp³-hybridized carbons (Fsp3) is 0.562. The third-order valence-corrected chi connectivity index (χ3v) is 4.59. The van der Waals surface area contributed by atoms with Crippen LogP contribution in [0.1, 0.15) is 30.9 Å². The molecule has 1 fully saturated rings. The van der Waals surface area contributed by atoms with Crippen LogP contribution in [-0.2, 0) is 9.53 Å². The summed E-state index contributed by atoms with van der Waals surface area (Å²) in [5.74, 6) is 0.593. The smallest absolute Gasteiger partial charge is 0.324 e. The van der Waals surface area contributed by atoms with Crippen LogP contribution >= 0.6 is 11.8 Å². The van der Waals surface area contributed by atoms with Crippen molar-refractivity contribution < 1.29 is 9.53 Å². The number of esters is 1. The van der Waals surface area contributed by atoms with Crippen molar-refractivity contribution in [2.45, 2.75) is 50.6 Å². The van der Waals surface area contributed by atoms with E-state index in [1.807, 2.05) is 6.92 Å². The molecule has 1 N–H and O–H groups in total. The van der Waals surface area contributed by atoms with E-state index in [9.17, 15) is 4.79 Å². The summed E-state index contributed by atoms with van der Waals surface area (Å²) < 4.78 is 5.16.